The highest BCUT2D eigenvalue weighted by Crippen LogP contribution is 2.23. The van der Waals surface area contributed by atoms with E-state index in [1.807, 2.05) is 30.3 Å². The van der Waals surface area contributed by atoms with E-state index in [4.69, 9.17) is 0 Å². The lowest BCUT2D eigenvalue weighted by Crippen LogP contribution is -2.25. The van der Waals surface area contributed by atoms with E-state index in [-0.39, 0.29) is 18.2 Å². The summed E-state index contributed by atoms with van der Waals surface area (Å²) in [5.41, 5.74) is 2.14. The molecule has 122 valence electrons. The molecule has 0 spiro atoms. The van der Waals surface area contributed by atoms with Crippen LogP contribution in [0.4, 0.5) is 10.5 Å². The Kier molecular flexibility index (Phi) is 4.29. The third kappa shape index (κ3) is 3.27. The Morgan fingerprint density at radius 3 is 2.54 bits per heavy atom. The van der Waals surface area contributed by atoms with Crippen molar-refractivity contribution in [3.8, 4) is 0 Å². The minimum atomic E-state index is -0.714. The minimum absolute atomic E-state index is 0.141. The predicted octanol–water partition coefficient (Wildman–Crippen LogP) is 2.09. The van der Waals surface area contributed by atoms with Gasteiger partial charge in [0, 0.05) is 12.7 Å². The average Bonchev–Trinajstić information content (AvgIpc) is 2.83. The van der Waals surface area contributed by atoms with Crippen LogP contribution in [0.15, 0.2) is 54.6 Å². The first-order valence-corrected chi connectivity index (χ1v) is 7.56. The first-order chi connectivity index (χ1) is 11.5. The normalized spacial score (nSPS) is 16.9. The SMILES string of the molecule is CN1C(=O)NC(c2cccc(NC(=O)Cc3ccccc3)c2)C1=O. The number of anilines is 1. The second-order valence-corrected chi connectivity index (χ2v) is 5.62. The summed E-state index contributed by atoms with van der Waals surface area (Å²) < 4.78 is 0. The Labute approximate surface area is 139 Å². The van der Waals surface area contributed by atoms with Crippen LogP contribution in [0.1, 0.15) is 17.2 Å². The number of rotatable bonds is 4. The number of carbonyl (C=O) groups excluding carboxylic acids is 3. The quantitative estimate of drug-likeness (QED) is 0.846. The molecule has 2 aromatic carbocycles. The molecule has 0 radical (unpaired) electrons. The zero-order valence-corrected chi connectivity index (χ0v) is 13.2. The summed E-state index contributed by atoms with van der Waals surface area (Å²) in [6, 6.07) is 15.2. The van der Waals surface area contributed by atoms with Gasteiger partial charge in [-0.15, -0.1) is 0 Å². The fourth-order valence-electron chi connectivity index (χ4n) is 2.58. The van der Waals surface area contributed by atoms with Crippen molar-refractivity contribution in [3.05, 3.63) is 65.7 Å². The molecule has 1 aliphatic rings. The molecule has 0 aromatic heterocycles. The van der Waals surface area contributed by atoms with Gasteiger partial charge in [0.1, 0.15) is 6.04 Å². The number of nitrogens with zero attached hydrogens (tertiary/aromatic N) is 1. The number of imide groups is 1. The lowest BCUT2D eigenvalue weighted by atomic mass is 10.1. The second-order valence-electron chi connectivity index (χ2n) is 5.62. The number of hydrogen-bond acceptors (Lipinski definition) is 3. The first kappa shape index (κ1) is 15.7. The van der Waals surface area contributed by atoms with E-state index in [1.165, 1.54) is 7.05 Å². The Balaban J connectivity index is 1.71. The summed E-state index contributed by atoms with van der Waals surface area (Å²) in [6.45, 7) is 0. The standard InChI is InChI=1S/C18H17N3O3/c1-21-17(23)16(20-18(21)24)13-8-5-9-14(11-13)19-15(22)10-12-6-3-2-4-7-12/h2-9,11,16H,10H2,1H3,(H,19,22)(H,20,24). The lowest BCUT2D eigenvalue weighted by Gasteiger charge is -2.11. The van der Waals surface area contributed by atoms with E-state index >= 15 is 0 Å². The summed E-state index contributed by atoms with van der Waals surface area (Å²) in [7, 11) is 1.43. The van der Waals surface area contributed by atoms with Gasteiger partial charge in [0.05, 0.1) is 6.42 Å². The Hall–Kier alpha value is -3.15. The minimum Gasteiger partial charge on any atom is -0.326 e. The summed E-state index contributed by atoms with van der Waals surface area (Å²) in [4.78, 5) is 36.8. The van der Waals surface area contributed by atoms with Crippen LogP contribution < -0.4 is 10.6 Å². The summed E-state index contributed by atoms with van der Waals surface area (Å²) in [6.07, 6.45) is 0.271. The smallest absolute Gasteiger partial charge is 0.324 e. The second kappa shape index (κ2) is 6.54. The van der Waals surface area contributed by atoms with Gasteiger partial charge in [0.15, 0.2) is 0 Å². The van der Waals surface area contributed by atoms with E-state index in [1.54, 1.807) is 24.3 Å². The summed E-state index contributed by atoms with van der Waals surface area (Å²) in [5.74, 6) is -0.454. The van der Waals surface area contributed by atoms with Crippen LogP contribution in [0.2, 0.25) is 0 Å². The molecule has 0 bridgehead atoms. The van der Waals surface area contributed by atoms with Gasteiger partial charge in [-0.05, 0) is 23.3 Å². The van der Waals surface area contributed by atoms with E-state index in [2.05, 4.69) is 10.6 Å². The average molecular weight is 323 g/mol. The van der Waals surface area contributed by atoms with Gasteiger partial charge in [-0.3, -0.25) is 14.5 Å². The molecule has 2 aromatic rings. The highest BCUT2D eigenvalue weighted by Gasteiger charge is 2.36. The molecule has 1 aliphatic heterocycles. The number of nitrogens with one attached hydrogen (secondary N) is 2. The van der Waals surface area contributed by atoms with Crippen molar-refractivity contribution in [1.29, 1.82) is 0 Å². The molecule has 1 saturated heterocycles. The topological polar surface area (TPSA) is 78.5 Å². The molecule has 1 fully saturated rings. The van der Waals surface area contributed by atoms with Gasteiger partial charge in [-0.2, -0.15) is 0 Å². The molecule has 2 N–H and O–H groups in total. The molecule has 3 rings (SSSR count). The zero-order valence-electron chi connectivity index (χ0n) is 13.2. The van der Waals surface area contributed by atoms with Gasteiger partial charge in [-0.1, -0.05) is 42.5 Å². The molecule has 1 unspecified atom stereocenters. The van der Waals surface area contributed by atoms with Crippen molar-refractivity contribution in [3.63, 3.8) is 0 Å². The molecule has 1 atom stereocenters. The number of benzene rings is 2. The number of amides is 4. The predicted molar refractivity (Wildman–Crippen MR) is 89.3 cm³/mol. The van der Waals surface area contributed by atoms with E-state index in [0.29, 0.717) is 11.3 Å². The van der Waals surface area contributed by atoms with Crippen LogP contribution in [-0.4, -0.2) is 29.8 Å². The van der Waals surface area contributed by atoms with Crippen molar-refractivity contribution >= 4 is 23.5 Å². The van der Waals surface area contributed by atoms with Gasteiger partial charge in [0.25, 0.3) is 5.91 Å². The van der Waals surface area contributed by atoms with Crippen molar-refractivity contribution in [1.82, 2.24) is 10.2 Å². The van der Waals surface area contributed by atoms with Crippen molar-refractivity contribution in [2.24, 2.45) is 0 Å². The van der Waals surface area contributed by atoms with E-state index < -0.39 is 12.1 Å². The van der Waals surface area contributed by atoms with Crippen LogP contribution in [-0.2, 0) is 16.0 Å². The molecular weight excluding hydrogens is 306 g/mol. The third-order valence-electron chi connectivity index (χ3n) is 3.86. The molecule has 4 amide bonds. The summed E-state index contributed by atoms with van der Waals surface area (Å²) in [5, 5.41) is 5.43. The lowest BCUT2D eigenvalue weighted by molar-refractivity contribution is -0.126. The van der Waals surface area contributed by atoms with Crippen LogP contribution in [0.25, 0.3) is 0 Å². The van der Waals surface area contributed by atoms with E-state index in [0.717, 1.165) is 10.5 Å². The fraction of sp³-hybridized carbons (Fsp3) is 0.167. The molecule has 0 aliphatic carbocycles. The maximum atomic E-state index is 12.1. The zero-order chi connectivity index (χ0) is 17.1. The number of carbonyl (C=O) groups is 3. The van der Waals surface area contributed by atoms with Gasteiger partial charge < -0.3 is 10.6 Å². The monoisotopic (exact) mass is 323 g/mol. The largest absolute Gasteiger partial charge is 0.326 e. The molecular formula is C18H17N3O3. The van der Waals surface area contributed by atoms with Crippen molar-refractivity contribution < 1.29 is 14.4 Å². The van der Waals surface area contributed by atoms with Gasteiger partial charge >= 0.3 is 6.03 Å². The van der Waals surface area contributed by atoms with Crippen LogP contribution in [0.3, 0.4) is 0 Å². The molecule has 24 heavy (non-hydrogen) atoms. The Morgan fingerprint density at radius 2 is 1.88 bits per heavy atom. The Bertz CT molecular complexity index is 789. The van der Waals surface area contributed by atoms with Gasteiger partial charge in [0.2, 0.25) is 5.91 Å². The van der Waals surface area contributed by atoms with Crippen molar-refractivity contribution in [2.45, 2.75) is 12.5 Å². The summed E-state index contributed by atoms with van der Waals surface area (Å²) >= 11 is 0. The van der Waals surface area contributed by atoms with Crippen LogP contribution >= 0.6 is 0 Å². The highest BCUT2D eigenvalue weighted by atomic mass is 16.2. The fourth-order valence-corrected chi connectivity index (χ4v) is 2.58. The first-order valence-electron chi connectivity index (χ1n) is 7.56. The maximum absolute atomic E-state index is 12.1. The van der Waals surface area contributed by atoms with Gasteiger partial charge in [-0.25, -0.2) is 4.79 Å². The third-order valence-corrected chi connectivity index (χ3v) is 3.86. The Morgan fingerprint density at radius 1 is 1.12 bits per heavy atom. The number of urea groups is 1. The number of likely N-dealkylation sites (N-methyl/N-ethyl adjacent to an activating group) is 1. The van der Waals surface area contributed by atoms with Crippen LogP contribution in [0.5, 0.6) is 0 Å². The molecule has 0 saturated carbocycles. The molecule has 6 heteroatoms. The highest BCUT2D eigenvalue weighted by molar-refractivity contribution is 6.04. The molecule has 6 nitrogen and oxygen atoms in total. The van der Waals surface area contributed by atoms with Crippen molar-refractivity contribution in [2.75, 3.05) is 12.4 Å². The number of hydrogen-bond donors (Lipinski definition) is 2. The van der Waals surface area contributed by atoms with Crippen LogP contribution in [0, 0.1) is 0 Å². The molecule has 1 heterocycles. The maximum Gasteiger partial charge on any atom is 0.324 e. The van der Waals surface area contributed by atoms with E-state index in [9.17, 15) is 14.4 Å².